The lowest BCUT2D eigenvalue weighted by atomic mass is 10.1. The van der Waals surface area contributed by atoms with Crippen LogP contribution in [0, 0.1) is 0 Å². The smallest absolute Gasteiger partial charge is 0.241 e. The highest BCUT2D eigenvalue weighted by Crippen LogP contribution is 2.10. The highest BCUT2D eigenvalue weighted by Gasteiger charge is 2.20. The van der Waals surface area contributed by atoms with Crippen LogP contribution in [0.25, 0.3) is 0 Å². The molecule has 1 aromatic heterocycles. The number of rotatable bonds is 6. The van der Waals surface area contributed by atoms with E-state index in [9.17, 15) is 9.90 Å². The molecule has 0 saturated heterocycles. The fraction of sp³-hybridized carbons (Fsp3) is 0.333. The van der Waals surface area contributed by atoms with Gasteiger partial charge in [0.25, 0.3) is 0 Å². The van der Waals surface area contributed by atoms with Crippen molar-refractivity contribution in [2.24, 2.45) is 12.8 Å². The summed E-state index contributed by atoms with van der Waals surface area (Å²) in [5.41, 5.74) is 7.59. The number of aliphatic hydroxyl groups excluding tert-OH is 1. The van der Waals surface area contributed by atoms with Gasteiger partial charge in [-0.2, -0.15) is 5.10 Å². The van der Waals surface area contributed by atoms with E-state index in [1.54, 1.807) is 24.1 Å². The molecule has 6 heteroatoms. The molecule has 2 atom stereocenters. The minimum atomic E-state index is -0.788. The first-order chi connectivity index (χ1) is 10.1. The van der Waals surface area contributed by atoms with Crippen molar-refractivity contribution in [3.05, 3.63) is 53.9 Å². The Morgan fingerprint density at radius 2 is 2.14 bits per heavy atom. The van der Waals surface area contributed by atoms with Crippen LogP contribution in [-0.2, 0) is 18.3 Å². The minimum absolute atomic E-state index is 0.138. The molecule has 0 radical (unpaired) electrons. The van der Waals surface area contributed by atoms with Crippen molar-refractivity contribution >= 4 is 5.91 Å². The van der Waals surface area contributed by atoms with Gasteiger partial charge >= 0.3 is 0 Å². The second kappa shape index (κ2) is 7.01. The number of aliphatic hydroxyl groups is 1. The topological polar surface area (TPSA) is 93.2 Å². The quantitative estimate of drug-likeness (QED) is 0.705. The van der Waals surface area contributed by atoms with Gasteiger partial charge < -0.3 is 16.2 Å². The number of hydrogen-bond acceptors (Lipinski definition) is 4. The minimum Gasteiger partial charge on any atom is -0.394 e. The van der Waals surface area contributed by atoms with Gasteiger partial charge in [-0.3, -0.25) is 9.48 Å². The maximum absolute atomic E-state index is 12.1. The third-order valence-electron chi connectivity index (χ3n) is 3.26. The van der Waals surface area contributed by atoms with Crippen LogP contribution in [0.4, 0.5) is 0 Å². The lowest BCUT2D eigenvalue weighted by Crippen LogP contribution is -2.43. The number of aromatic nitrogens is 2. The number of carbonyl (C=O) groups excluding carboxylic acids is 1. The van der Waals surface area contributed by atoms with Crippen LogP contribution in [0.15, 0.2) is 42.7 Å². The monoisotopic (exact) mass is 288 g/mol. The molecule has 21 heavy (non-hydrogen) atoms. The number of aryl methyl sites for hydroxylation is 1. The molecule has 6 nitrogen and oxygen atoms in total. The maximum atomic E-state index is 12.1. The Labute approximate surface area is 123 Å². The summed E-state index contributed by atoms with van der Waals surface area (Å²) in [6, 6.07) is 8.53. The normalized spacial score (nSPS) is 13.7. The molecule has 1 amide bonds. The number of amides is 1. The number of benzene rings is 1. The first-order valence-corrected chi connectivity index (χ1v) is 6.79. The average Bonchev–Trinajstić information content (AvgIpc) is 2.93. The van der Waals surface area contributed by atoms with Gasteiger partial charge in [0, 0.05) is 18.8 Å². The van der Waals surface area contributed by atoms with E-state index in [4.69, 9.17) is 5.73 Å². The maximum Gasteiger partial charge on any atom is 0.241 e. The van der Waals surface area contributed by atoms with E-state index in [0.29, 0.717) is 12.0 Å². The molecule has 0 aliphatic carbocycles. The second-order valence-corrected chi connectivity index (χ2v) is 5.00. The molecule has 0 aliphatic heterocycles. The van der Waals surface area contributed by atoms with Crippen LogP contribution in [0.3, 0.4) is 0 Å². The Kier molecular flexibility index (Phi) is 5.08. The summed E-state index contributed by atoms with van der Waals surface area (Å²) in [4.78, 5) is 12.1. The van der Waals surface area contributed by atoms with E-state index in [-0.39, 0.29) is 18.6 Å². The summed E-state index contributed by atoms with van der Waals surface area (Å²) < 4.78 is 1.59. The average molecular weight is 288 g/mol. The van der Waals surface area contributed by atoms with Gasteiger partial charge in [-0.15, -0.1) is 0 Å². The van der Waals surface area contributed by atoms with Crippen molar-refractivity contribution in [2.75, 3.05) is 6.61 Å². The lowest BCUT2D eigenvalue weighted by molar-refractivity contribution is -0.123. The highest BCUT2D eigenvalue weighted by atomic mass is 16.3. The molecule has 2 unspecified atom stereocenters. The van der Waals surface area contributed by atoms with E-state index in [2.05, 4.69) is 10.4 Å². The summed E-state index contributed by atoms with van der Waals surface area (Å²) in [6.45, 7) is -0.138. The zero-order valence-corrected chi connectivity index (χ0v) is 11.9. The Morgan fingerprint density at radius 3 is 2.71 bits per heavy atom. The molecule has 0 saturated carbocycles. The molecule has 4 N–H and O–H groups in total. The summed E-state index contributed by atoms with van der Waals surface area (Å²) in [7, 11) is 1.76. The summed E-state index contributed by atoms with van der Waals surface area (Å²) in [5.74, 6) is -0.321. The van der Waals surface area contributed by atoms with Crippen LogP contribution < -0.4 is 11.1 Å². The Hall–Kier alpha value is -2.18. The van der Waals surface area contributed by atoms with Crippen molar-refractivity contribution < 1.29 is 9.90 Å². The van der Waals surface area contributed by atoms with Gasteiger partial charge in [0.1, 0.15) is 6.04 Å². The highest BCUT2D eigenvalue weighted by molar-refractivity contribution is 5.83. The first-order valence-electron chi connectivity index (χ1n) is 6.79. The van der Waals surface area contributed by atoms with Gasteiger partial charge in [-0.1, -0.05) is 30.3 Å². The third kappa shape index (κ3) is 4.14. The lowest BCUT2D eigenvalue weighted by Gasteiger charge is -2.19. The number of nitrogens with one attached hydrogen (secondary N) is 1. The SMILES string of the molecule is Cn1cc(C(N)C(=O)NC(CO)Cc2ccccc2)cn1. The molecule has 112 valence electrons. The first kappa shape index (κ1) is 15.2. The summed E-state index contributed by atoms with van der Waals surface area (Å²) in [6.07, 6.45) is 3.83. The Balaban J connectivity index is 1.96. The summed E-state index contributed by atoms with van der Waals surface area (Å²) >= 11 is 0. The number of hydrogen-bond donors (Lipinski definition) is 3. The Bertz CT molecular complexity index is 582. The van der Waals surface area contributed by atoms with Crippen LogP contribution in [-0.4, -0.2) is 33.4 Å². The van der Waals surface area contributed by atoms with Crippen molar-refractivity contribution in [2.45, 2.75) is 18.5 Å². The van der Waals surface area contributed by atoms with Crippen LogP contribution >= 0.6 is 0 Å². The number of carbonyl (C=O) groups is 1. The van der Waals surface area contributed by atoms with Gasteiger partial charge in [0.2, 0.25) is 5.91 Å². The van der Waals surface area contributed by atoms with Gasteiger partial charge in [-0.05, 0) is 12.0 Å². The molecule has 1 heterocycles. The van der Waals surface area contributed by atoms with Crippen molar-refractivity contribution in [3.63, 3.8) is 0 Å². The molecule has 2 aromatic rings. The largest absolute Gasteiger partial charge is 0.394 e. The molecular weight excluding hydrogens is 268 g/mol. The van der Waals surface area contributed by atoms with Crippen molar-refractivity contribution in [1.82, 2.24) is 15.1 Å². The van der Waals surface area contributed by atoms with Crippen LogP contribution in [0.1, 0.15) is 17.2 Å². The standard InChI is InChI=1S/C15H20N4O2/c1-19-9-12(8-17-19)14(16)15(21)18-13(10-20)7-11-5-3-2-4-6-11/h2-6,8-9,13-14,20H,7,10,16H2,1H3,(H,18,21). The number of nitrogens with zero attached hydrogens (tertiary/aromatic N) is 2. The van der Waals surface area contributed by atoms with Crippen molar-refractivity contribution in [3.8, 4) is 0 Å². The number of nitrogens with two attached hydrogens (primary N) is 1. The van der Waals surface area contributed by atoms with E-state index >= 15 is 0 Å². The van der Waals surface area contributed by atoms with E-state index in [1.807, 2.05) is 30.3 Å². The van der Waals surface area contributed by atoms with Crippen LogP contribution in [0.2, 0.25) is 0 Å². The second-order valence-electron chi connectivity index (χ2n) is 5.00. The third-order valence-corrected chi connectivity index (χ3v) is 3.26. The molecule has 2 rings (SSSR count). The van der Waals surface area contributed by atoms with E-state index in [1.165, 1.54) is 0 Å². The molecule has 0 fully saturated rings. The van der Waals surface area contributed by atoms with Crippen LogP contribution in [0.5, 0.6) is 0 Å². The fourth-order valence-corrected chi connectivity index (χ4v) is 2.10. The molecule has 0 spiro atoms. The fourth-order valence-electron chi connectivity index (χ4n) is 2.10. The van der Waals surface area contributed by atoms with Crippen molar-refractivity contribution in [1.29, 1.82) is 0 Å². The van der Waals surface area contributed by atoms with Gasteiger partial charge in [0.05, 0.1) is 18.8 Å². The van der Waals surface area contributed by atoms with E-state index < -0.39 is 6.04 Å². The predicted octanol–water partition coefficient (Wildman–Crippen LogP) is 0.140. The molecule has 0 bridgehead atoms. The molecule has 0 aliphatic rings. The Morgan fingerprint density at radius 1 is 1.43 bits per heavy atom. The predicted molar refractivity (Wildman–Crippen MR) is 79.3 cm³/mol. The van der Waals surface area contributed by atoms with Gasteiger partial charge in [0.15, 0.2) is 0 Å². The molecular formula is C15H20N4O2. The zero-order chi connectivity index (χ0) is 15.2. The zero-order valence-electron chi connectivity index (χ0n) is 11.9. The van der Waals surface area contributed by atoms with E-state index in [0.717, 1.165) is 5.56 Å². The van der Waals surface area contributed by atoms with Gasteiger partial charge in [-0.25, -0.2) is 0 Å². The summed E-state index contributed by atoms with van der Waals surface area (Å²) in [5, 5.41) is 16.2. The molecule has 1 aromatic carbocycles.